The van der Waals surface area contributed by atoms with Crippen molar-refractivity contribution in [2.75, 3.05) is 20.8 Å². The highest BCUT2D eigenvalue weighted by molar-refractivity contribution is 5.83. The van der Waals surface area contributed by atoms with E-state index in [2.05, 4.69) is 36.6 Å². The molecule has 1 atom stereocenters. The van der Waals surface area contributed by atoms with Crippen LogP contribution >= 0.6 is 0 Å². The van der Waals surface area contributed by atoms with E-state index >= 15 is 0 Å². The Morgan fingerprint density at radius 2 is 2.00 bits per heavy atom. The first-order chi connectivity index (χ1) is 8.17. The Balaban J connectivity index is 2.52. The molecule has 3 heteroatoms. The SMILES string of the molecule is COCC(C)n1c(C)cc2cc(OC)ccc21. The highest BCUT2D eigenvalue weighted by atomic mass is 16.5. The molecular formula is C14H19NO2. The first kappa shape index (κ1) is 12.0. The number of aromatic nitrogens is 1. The van der Waals surface area contributed by atoms with E-state index in [9.17, 15) is 0 Å². The van der Waals surface area contributed by atoms with Gasteiger partial charge in [0.2, 0.25) is 0 Å². The van der Waals surface area contributed by atoms with Gasteiger partial charge in [-0.05, 0) is 38.1 Å². The summed E-state index contributed by atoms with van der Waals surface area (Å²) in [5, 5.41) is 1.21. The van der Waals surface area contributed by atoms with E-state index in [0.29, 0.717) is 6.04 Å². The monoisotopic (exact) mass is 233 g/mol. The molecule has 0 spiro atoms. The molecule has 17 heavy (non-hydrogen) atoms. The molecule has 0 aliphatic heterocycles. The van der Waals surface area contributed by atoms with E-state index in [4.69, 9.17) is 9.47 Å². The van der Waals surface area contributed by atoms with Gasteiger partial charge in [0.05, 0.1) is 19.8 Å². The van der Waals surface area contributed by atoms with Crippen LogP contribution in [0.15, 0.2) is 24.3 Å². The number of fused-ring (bicyclic) bond motifs is 1. The van der Waals surface area contributed by atoms with Crippen molar-refractivity contribution in [1.29, 1.82) is 0 Å². The zero-order valence-corrected chi connectivity index (χ0v) is 10.9. The molecule has 2 rings (SSSR count). The third kappa shape index (κ3) is 2.15. The number of rotatable bonds is 4. The van der Waals surface area contributed by atoms with Crippen LogP contribution in [0.5, 0.6) is 5.75 Å². The maximum absolute atomic E-state index is 5.25. The molecule has 0 N–H and O–H groups in total. The lowest BCUT2D eigenvalue weighted by Gasteiger charge is -2.16. The van der Waals surface area contributed by atoms with E-state index in [1.54, 1.807) is 14.2 Å². The van der Waals surface area contributed by atoms with Gasteiger partial charge in [-0.15, -0.1) is 0 Å². The van der Waals surface area contributed by atoms with Crippen molar-refractivity contribution in [3.8, 4) is 5.75 Å². The molecule has 0 aliphatic rings. The summed E-state index contributed by atoms with van der Waals surface area (Å²) in [5.41, 5.74) is 2.48. The Morgan fingerprint density at radius 1 is 1.24 bits per heavy atom. The van der Waals surface area contributed by atoms with Crippen molar-refractivity contribution < 1.29 is 9.47 Å². The molecule has 0 amide bonds. The summed E-state index contributed by atoms with van der Waals surface area (Å²) >= 11 is 0. The van der Waals surface area contributed by atoms with E-state index in [1.165, 1.54) is 16.6 Å². The average Bonchev–Trinajstić information content (AvgIpc) is 2.64. The van der Waals surface area contributed by atoms with Gasteiger partial charge in [0, 0.05) is 23.7 Å². The standard InChI is InChI=1S/C14H19NO2/c1-10-7-12-8-13(17-4)5-6-14(12)15(10)11(2)9-16-3/h5-8,11H,9H2,1-4H3. The lowest BCUT2D eigenvalue weighted by Crippen LogP contribution is -2.11. The Morgan fingerprint density at radius 3 is 2.65 bits per heavy atom. The molecule has 1 aromatic carbocycles. The normalized spacial score (nSPS) is 12.9. The first-order valence-electron chi connectivity index (χ1n) is 5.82. The number of hydrogen-bond donors (Lipinski definition) is 0. The van der Waals surface area contributed by atoms with Crippen LogP contribution in [0.4, 0.5) is 0 Å². The molecule has 0 saturated heterocycles. The second-order valence-corrected chi connectivity index (χ2v) is 4.38. The average molecular weight is 233 g/mol. The van der Waals surface area contributed by atoms with Crippen LogP contribution in [0.25, 0.3) is 10.9 Å². The number of hydrogen-bond acceptors (Lipinski definition) is 2. The van der Waals surface area contributed by atoms with Gasteiger partial charge >= 0.3 is 0 Å². The summed E-state index contributed by atoms with van der Waals surface area (Å²) < 4.78 is 12.8. The molecule has 1 aromatic heterocycles. The Labute approximate surface area is 102 Å². The van der Waals surface area contributed by atoms with Crippen LogP contribution in [0.1, 0.15) is 18.7 Å². The molecular weight excluding hydrogens is 214 g/mol. The van der Waals surface area contributed by atoms with Crippen molar-refractivity contribution in [2.45, 2.75) is 19.9 Å². The lowest BCUT2D eigenvalue weighted by atomic mass is 10.2. The van der Waals surface area contributed by atoms with E-state index < -0.39 is 0 Å². The molecule has 3 nitrogen and oxygen atoms in total. The third-order valence-electron chi connectivity index (χ3n) is 3.09. The van der Waals surface area contributed by atoms with Crippen LogP contribution in [0, 0.1) is 6.92 Å². The van der Waals surface area contributed by atoms with Gasteiger partial charge in [0.25, 0.3) is 0 Å². The molecule has 0 aliphatic carbocycles. The van der Waals surface area contributed by atoms with Gasteiger partial charge in [-0.3, -0.25) is 0 Å². The minimum atomic E-state index is 0.339. The molecule has 0 fully saturated rings. The molecule has 0 bridgehead atoms. The van der Waals surface area contributed by atoms with Crippen LogP contribution in [0.2, 0.25) is 0 Å². The fraction of sp³-hybridized carbons (Fsp3) is 0.429. The minimum absolute atomic E-state index is 0.339. The lowest BCUT2D eigenvalue weighted by molar-refractivity contribution is 0.163. The summed E-state index contributed by atoms with van der Waals surface area (Å²) in [6.45, 7) is 5.01. The summed E-state index contributed by atoms with van der Waals surface area (Å²) in [6, 6.07) is 8.69. The number of benzene rings is 1. The van der Waals surface area contributed by atoms with E-state index in [0.717, 1.165) is 12.4 Å². The topological polar surface area (TPSA) is 23.4 Å². The first-order valence-corrected chi connectivity index (χ1v) is 5.82. The van der Waals surface area contributed by atoms with Gasteiger partial charge in [-0.25, -0.2) is 0 Å². The van der Waals surface area contributed by atoms with Crippen LogP contribution < -0.4 is 4.74 Å². The van der Waals surface area contributed by atoms with Crippen molar-refractivity contribution in [3.63, 3.8) is 0 Å². The van der Waals surface area contributed by atoms with Gasteiger partial charge < -0.3 is 14.0 Å². The largest absolute Gasteiger partial charge is 0.497 e. The van der Waals surface area contributed by atoms with Crippen molar-refractivity contribution in [1.82, 2.24) is 4.57 Å². The predicted octanol–water partition coefficient (Wildman–Crippen LogP) is 3.17. The third-order valence-corrected chi connectivity index (χ3v) is 3.09. The molecule has 1 heterocycles. The molecule has 0 radical (unpaired) electrons. The molecule has 0 saturated carbocycles. The second kappa shape index (κ2) is 4.80. The Hall–Kier alpha value is -1.48. The predicted molar refractivity (Wildman–Crippen MR) is 69.8 cm³/mol. The maximum atomic E-state index is 5.25. The highest BCUT2D eigenvalue weighted by Gasteiger charge is 2.12. The molecule has 92 valence electrons. The van der Waals surface area contributed by atoms with Crippen molar-refractivity contribution in [2.24, 2.45) is 0 Å². The number of ether oxygens (including phenoxy) is 2. The van der Waals surface area contributed by atoms with Crippen LogP contribution in [-0.4, -0.2) is 25.4 Å². The zero-order chi connectivity index (χ0) is 12.4. The fourth-order valence-corrected chi connectivity index (χ4v) is 2.38. The smallest absolute Gasteiger partial charge is 0.119 e. The van der Waals surface area contributed by atoms with Gasteiger partial charge in [0.1, 0.15) is 5.75 Å². The van der Waals surface area contributed by atoms with Crippen LogP contribution in [-0.2, 0) is 4.74 Å². The number of aryl methyl sites for hydroxylation is 1. The fourth-order valence-electron chi connectivity index (χ4n) is 2.38. The maximum Gasteiger partial charge on any atom is 0.119 e. The summed E-state index contributed by atoms with van der Waals surface area (Å²) in [5.74, 6) is 0.897. The number of methoxy groups -OCH3 is 2. The zero-order valence-electron chi connectivity index (χ0n) is 10.9. The molecule has 1 unspecified atom stereocenters. The second-order valence-electron chi connectivity index (χ2n) is 4.38. The van der Waals surface area contributed by atoms with E-state index in [1.807, 2.05) is 6.07 Å². The summed E-state index contributed by atoms with van der Waals surface area (Å²) in [7, 11) is 3.43. The van der Waals surface area contributed by atoms with Crippen molar-refractivity contribution in [3.05, 3.63) is 30.0 Å². The van der Waals surface area contributed by atoms with Crippen LogP contribution in [0.3, 0.4) is 0 Å². The Kier molecular flexibility index (Phi) is 3.38. The highest BCUT2D eigenvalue weighted by Crippen LogP contribution is 2.27. The summed E-state index contributed by atoms with van der Waals surface area (Å²) in [4.78, 5) is 0. The quantitative estimate of drug-likeness (QED) is 0.809. The van der Waals surface area contributed by atoms with Gasteiger partial charge in [-0.2, -0.15) is 0 Å². The van der Waals surface area contributed by atoms with E-state index in [-0.39, 0.29) is 0 Å². The minimum Gasteiger partial charge on any atom is -0.497 e. The molecule has 2 aromatic rings. The van der Waals surface area contributed by atoms with Gasteiger partial charge in [-0.1, -0.05) is 0 Å². The number of nitrogens with zero attached hydrogens (tertiary/aromatic N) is 1. The Bertz CT molecular complexity index is 516. The summed E-state index contributed by atoms with van der Waals surface area (Å²) in [6.07, 6.45) is 0. The van der Waals surface area contributed by atoms with Gasteiger partial charge in [0.15, 0.2) is 0 Å². The van der Waals surface area contributed by atoms with Crippen molar-refractivity contribution >= 4 is 10.9 Å².